The highest BCUT2D eigenvalue weighted by atomic mass is 15.2. The SMILES string of the molecule is CC(N=C(/C=C(\N)c1ccccc1)c1ccccc1)c1ccc(-c2ccc3nc4n(-c5c(-c6ccccc6)cccc5-c5ccccc5)c5ccc(-c6ccccc6)cc5n4c3c2)cc1. The van der Waals surface area contributed by atoms with Crippen molar-refractivity contribution in [1.29, 1.82) is 0 Å². The molecule has 0 radical (unpaired) electrons. The number of allylic oxidation sites excluding steroid dienone is 1. The van der Waals surface area contributed by atoms with E-state index in [9.17, 15) is 0 Å². The summed E-state index contributed by atoms with van der Waals surface area (Å²) in [4.78, 5) is 10.7. The second kappa shape index (κ2) is 17.0. The van der Waals surface area contributed by atoms with Crippen molar-refractivity contribution in [2.75, 3.05) is 0 Å². The van der Waals surface area contributed by atoms with Crippen molar-refractivity contribution in [2.45, 2.75) is 13.0 Å². The molecule has 1 unspecified atom stereocenters. The van der Waals surface area contributed by atoms with Crippen LogP contribution in [0.5, 0.6) is 0 Å². The number of benzene rings is 9. The second-order valence-corrected chi connectivity index (χ2v) is 16.4. The van der Waals surface area contributed by atoms with E-state index in [0.29, 0.717) is 5.70 Å². The molecule has 5 heteroatoms. The lowest BCUT2D eigenvalue weighted by molar-refractivity contribution is 0.822. The highest BCUT2D eigenvalue weighted by Gasteiger charge is 2.23. The van der Waals surface area contributed by atoms with E-state index in [1.54, 1.807) is 0 Å². The van der Waals surface area contributed by atoms with E-state index in [2.05, 4.69) is 198 Å². The molecule has 0 saturated carbocycles. The molecule has 0 fully saturated rings. The topological polar surface area (TPSA) is 60.6 Å². The molecule has 5 nitrogen and oxygen atoms in total. The van der Waals surface area contributed by atoms with Crippen LogP contribution in [-0.2, 0) is 0 Å². The minimum atomic E-state index is -0.111. The molecule has 0 spiro atoms. The van der Waals surface area contributed by atoms with Crippen LogP contribution in [0.1, 0.15) is 29.7 Å². The number of aliphatic imine (C=N–C) groups is 1. The third kappa shape index (κ3) is 7.49. The maximum atomic E-state index is 6.63. The van der Waals surface area contributed by atoms with Gasteiger partial charge in [-0.15, -0.1) is 0 Å². The number of hydrogen-bond acceptors (Lipinski definition) is 3. The normalized spacial score (nSPS) is 12.6. The van der Waals surface area contributed by atoms with Crippen molar-refractivity contribution in [3.05, 3.63) is 253 Å². The molecule has 0 aliphatic carbocycles. The molecule has 0 aliphatic heterocycles. The highest BCUT2D eigenvalue weighted by Crippen LogP contribution is 2.41. The Morgan fingerprint density at radius 1 is 0.477 bits per heavy atom. The fourth-order valence-corrected chi connectivity index (χ4v) is 9.05. The van der Waals surface area contributed by atoms with Gasteiger partial charge < -0.3 is 5.73 Å². The van der Waals surface area contributed by atoms with Gasteiger partial charge >= 0.3 is 0 Å². The molecule has 11 rings (SSSR count). The van der Waals surface area contributed by atoms with Gasteiger partial charge in [-0.05, 0) is 87.3 Å². The van der Waals surface area contributed by atoms with Gasteiger partial charge in [0.05, 0.1) is 39.5 Å². The fourth-order valence-electron chi connectivity index (χ4n) is 9.05. The summed E-state index contributed by atoms with van der Waals surface area (Å²) in [5, 5.41) is 0. The van der Waals surface area contributed by atoms with Crippen LogP contribution >= 0.6 is 0 Å². The molecule has 0 aliphatic rings. The zero-order chi connectivity index (χ0) is 43.7. The molecule has 310 valence electrons. The van der Waals surface area contributed by atoms with Crippen LogP contribution < -0.4 is 5.73 Å². The first-order chi connectivity index (χ1) is 32.1. The first-order valence-electron chi connectivity index (χ1n) is 22.1. The predicted molar refractivity (Wildman–Crippen MR) is 271 cm³/mol. The molecule has 0 amide bonds. The number of fused-ring (bicyclic) bond motifs is 5. The Morgan fingerprint density at radius 2 is 0.969 bits per heavy atom. The zero-order valence-corrected chi connectivity index (χ0v) is 36.0. The Hall–Kier alpha value is -8.54. The second-order valence-electron chi connectivity index (χ2n) is 16.4. The first-order valence-corrected chi connectivity index (χ1v) is 22.1. The predicted octanol–water partition coefficient (Wildman–Crippen LogP) is 14.6. The Bertz CT molecular complexity index is 3460. The van der Waals surface area contributed by atoms with Crippen LogP contribution in [0.4, 0.5) is 0 Å². The number of nitrogens with zero attached hydrogens (tertiary/aromatic N) is 4. The van der Waals surface area contributed by atoms with Crippen molar-refractivity contribution >= 4 is 39.3 Å². The van der Waals surface area contributed by atoms with Crippen molar-refractivity contribution in [1.82, 2.24) is 14.0 Å². The van der Waals surface area contributed by atoms with Gasteiger partial charge in [0.2, 0.25) is 5.78 Å². The van der Waals surface area contributed by atoms with Gasteiger partial charge in [-0.2, -0.15) is 0 Å². The van der Waals surface area contributed by atoms with E-state index in [4.69, 9.17) is 15.7 Å². The maximum Gasteiger partial charge on any atom is 0.220 e. The van der Waals surface area contributed by atoms with Gasteiger partial charge in [0.25, 0.3) is 0 Å². The van der Waals surface area contributed by atoms with Crippen molar-refractivity contribution in [3.63, 3.8) is 0 Å². The third-order valence-corrected chi connectivity index (χ3v) is 12.4. The van der Waals surface area contributed by atoms with Crippen LogP contribution in [-0.4, -0.2) is 19.7 Å². The zero-order valence-electron chi connectivity index (χ0n) is 36.0. The lowest BCUT2D eigenvalue weighted by Crippen LogP contribution is -2.05. The Labute approximate surface area is 378 Å². The average Bonchev–Trinajstić information content (AvgIpc) is 3.91. The first kappa shape index (κ1) is 39.3. The standard InChI is InChI=1S/C60H45N5/c1-41(62-55(48-26-15-6-16-27-48)40-53(61)47-24-13-5-14-25-47)42-30-32-44(33-31-42)49-34-36-54-57(38-49)64-58-39-50(43-18-7-2-8-19-43)35-37-56(58)65(60(64)63-54)59-51(45-20-9-3-10-21-45)28-17-29-52(59)46-22-11-4-12-23-46/h2-41H,61H2,1H3/b53-40-,62-55?. The molecule has 0 saturated heterocycles. The third-order valence-electron chi connectivity index (χ3n) is 12.4. The number of para-hydroxylation sites is 1. The summed E-state index contributed by atoms with van der Waals surface area (Å²) >= 11 is 0. The summed E-state index contributed by atoms with van der Waals surface area (Å²) in [6.45, 7) is 2.14. The Kier molecular flexibility index (Phi) is 10.3. The van der Waals surface area contributed by atoms with Gasteiger partial charge in [0.15, 0.2) is 0 Å². The van der Waals surface area contributed by atoms with Crippen LogP contribution in [0.15, 0.2) is 242 Å². The van der Waals surface area contributed by atoms with E-state index in [1.165, 1.54) is 5.56 Å². The molecule has 2 N–H and O–H groups in total. The van der Waals surface area contributed by atoms with E-state index < -0.39 is 0 Å². The summed E-state index contributed by atoms with van der Waals surface area (Å²) in [5.41, 5.74) is 25.6. The van der Waals surface area contributed by atoms with Gasteiger partial charge in [-0.25, -0.2) is 4.98 Å². The summed E-state index contributed by atoms with van der Waals surface area (Å²) in [7, 11) is 0. The summed E-state index contributed by atoms with van der Waals surface area (Å²) in [6, 6.07) is 81.0. The average molecular weight is 836 g/mol. The largest absolute Gasteiger partial charge is 0.398 e. The number of hydrogen-bond donors (Lipinski definition) is 1. The molecule has 1 atom stereocenters. The molecule has 65 heavy (non-hydrogen) atoms. The van der Waals surface area contributed by atoms with E-state index >= 15 is 0 Å². The molecule has 2 heterocycles. The molecule has 9 aromatic carbocycles. The van der Waals surface area contributed by atoms with Crippen molar-refractivity contribution in [2.24, 2.45) is 10.7 Å². The number of aromatic nitrogens is 3. The molecular weight excluding hydrogens is 791 g/mol. The number of imidazole rings is 2. The van der Waals surface area contributed by atoms with E-state index in [1.807, 2.05) is 54.6 Å². The number of nitrogens with two attached hydrogens (primary N) is 1. The quantitative estimate of drug-likeness (QED) is 0.140. The molecular formula is C60H45N5. The Morgan fingerprint density at radius 3 is 1.57 bits per heavy atom. The van der Waals surface area contributed by atoms with Crippen LogP contribution in [0, 0.1) is 0 Å². The van der Waals surface area contributed by atoms with E-state index in [-0.39, 0.29) is 6.04 Å². The van der Waals surface area contributed by atoms with Gasteiger partial charge in [-0.1, -0.05) is 206 Å². The smallest absolute Gasteiger partial charge is 0.220 e. The minimum absolute atomic E-state index is 0.111. The highest BCUT2D eigenvalue weighted by molar-refractivity contribution is 6.12. The van der Waals surface area contributed by atoms with Gasteiger partial charge in [0.1, 0.15) is 0 Å². The van der Waals surface area contributed by atoms with Crippen LogP contribution in [0.3, 0.4) is 0 Å². The van der Waals surface area contributed by atoms with Gasteiger partial charge in [0, 0.05) is 16.8 Å². The summed E-state index contributed by atoms with van der Waals surface area (Å²) in [6.07, 6.45) is 1.99. The fraction of sp³-hybridized carbons (Fsp3) is 0.0333. The monoisotopic (exact) mass is 835 g/mol. The van der Waals surface area contributed by atoms with Crippen molar-refractivity contribution < 1.29 is 0 Å². The molecule has 11 aromatic rings. The minimum Gasteiger partial charge on any atom is -0.398 e. The lowest BCUT2D eigenvalue weighted by atomic mass is 9.95. The number of rotatable bonds is 10. The summed E-state index contributed by atoms with van der Waals surface area (Å²) < 4.78 is 4.72. The van der Waals surface area contributed by atoms with E-state index in [0.717, 1.165) is 94.9 Å². The maximum absolute atomic E-state index is 6.63. The van der Waals surface area contributed by atoms with Gasteiger partial charge in [-0.3, -0.25) is 14.0 Å². The van der Waals surface area contributed by atoms with Crippen molar-refractivity contribution in [3.8, 4) is 50.2 Å². The molecule has 0 bridgehead atoms. The lowest BCUT2D eigenvalue weighted by Gasteiger charge is -2.18. The van der Waals surface area contributed by atoms with Crippen LogP contribution in [0.25, 0.3) is 83.7 Å². The Balaban J connectivity index is 1.05. The summed E-state index contributed by atoms with van der Waals surface area (Å²) in [5.74, 6) is 0.858. The van der Waals surface area contributed by atoms with Crippen LogP contribution in [0.2, 0.25) is 0 Å². The molecule has 2 aromatic heterocycles.